The van der Waals surface area contributed by atoms with Gasteiger partial charge in [-0.05, 0) is 133 Å². The standard InChI is InChI=1S/C59H52N10O9S2/c1-5-68-37-64-53-56(68)60-35-62-58(53)77-47-21-7-39(8-22-47)11-33-51(41-13-17-43(18-14-41)66-79(71,72)49-29-25-45(75-3)26-30-49)55(70)52(42-15-19-44(20-16-42)67-80(73,74)50-31-27-46(76-4)28-32-50)34-12-40-9-23-48(24-10-40)78-59-54-57(61-36-63-59)69(6-2)38-65-54/h7-38,51-52,66-67H,5-6H2,1-4H3/b33-11+,34-12+. The molecule has 80 heavy (non-hydrogen) atoms. The van der Waals surface area contributed by atoms with Crippen LogP contribution < -0.4 is 28.4 Å². The largest absolute Gasteiger partial charge is 0.497 e. The van der Waals surface area contributed by atoms with Gasteiger partial charge in [0.25, 0.3) is 31.8 Å². The summed E-state index contributed by atoms with van der Waals surface area (Å²) in [4.78, 5) is 41.9. The van der Waals surface area contributed by atoms with E-state index in [9.17, 15) is 16.8 Å². The zero-order valence-electron chi connectivity index (χ0n) is 43.6. The molecule has 0 spiro atoms. The summed E-state index contributed by atoms with van der Waals surface area (Å²) in [6.07, 6.45) is 13.5. The van der Waals surface area contributed by atoms with E-state index in [0.717, 1.165) is 11.1 Å². The normalized spacial score (nSPS) is 12.7. The van der Waals surface area contributed by atoms with E-state index in [0.29, 0.717) is 81.3 Å². The molecule has 0 saturated heterocycles. The third-order valence-corrected chi connectivity index (χ3v) is 15.8. The highest BCUT2D eigenvalue weighted by Crippen LogP contribution is 2.34. The maximum absolute atomic E-state index is 15.5. The van der Waals surface area contributed by atoms with Crippen molar-refractivity contribution in [3.63, 3.8) is 0 Å². The Balaban J connectivity index is 0.976. The second-order valence-electron chi connectivity index (χ2n) is 18.0. The van der Waals surface area contributed by atoms with Gasteiger partial charge in [0, 0.05) is 24.5 Å². The molecule has 0 amide bonds. The number of benzene rings is 6. The number of carbonyl (C=O) groups is 1. The minimum Gasteiger partial charge on any atom is -0.497 e. The summed E-state index contributed by atoms with van der Waals surface area (Å²) < 4.78 is 85.7. The molecule has 404 valence electrons. The van der Waals surface area contributed by atoms with Crippen molar-refractivity contribution >= 4 is 71.7 Å². The number of allylic oxidation sites excluding steroid dienone is 2. The van der Waals surface area contributed by atoms with E-state index in [4.69, 9.17) is 18.9 Å². The van der Waals surface area contributed by atoms with Gasteiger partial charge < -0.3 is 28.1 Å². The highest BCUT2D eigenvalue weighted by Gasteiger charge is 2.28. The molecule has 0 fully saturated rings. The number of Topliss-reactive ketones (excluding diaryl/α,β-unsaturated/α-hetero) is 1. The first kappa shape index (κ1) is 53.7. The average molecular weight is 1110 g/mol. The summed E-state index contributed by atoms with van der Waals surface area (Å²) in [5.41, 5.74) is 5.50. The molecule has 0 aliphatic heterocycles. The first-order valence-electron chi connectivity index (χ1n) is 25.1. The maximum Gasteiger partial charge on any atom is 0.261 e. The summed E-state index contributed by atoms with van der Waals surface area (Å²) >= 11 is 0. The molecule has 0 aliphatic carbocycles. The number of aryl methyl sites for hydroxylation is 2. The van der Waals surface area contributed by atoms with Gasteiger partial charge in [-0.15, -0.1) is 0 Å². The smallest absolute Gasteiger partial charge is 0.261 e. The molecular formula is C59H52N10O9S2. The van der Waals surface area contributed by atoms with Crippen molar-refractivity contribution in [1.29, 1.82) is 0 Å². The monoisotopic (exact) mass is 1110 g/mol. The van der Waals surface area contributed by atoms with Crippen molar-refractivity contribution in [2.45, 2.75) is 48.6 Å². The lowest BCUT2D eigenvalue weighted by atomic mass is 9.82. The quantitative estimate of drug-likeness (QED) is 0.0642. The maximum atomic E-state index is 15.5. The first-order chi connectivity index (χ1) is 38.8. The van der Waals surface area contributed by atoms with E-state index in [2.05, 4.69) is 39.3 Å². The van der Waals surface area contributed by atoms with Crippen LogP contribution in [0.4, 0.5) is 11.4 Å². The van der Waals surface area contributed by atoms with Crippen molar-refractivity contribution in [3.8, 4) is 34.8 Å². The number of imidazole rings is 2. The molecule has 0 bridgehead atoms. The number of methoxy groups -OCH3 is 2. The molecule has 0 saturated carbocycles. The molecule has 6 aromatic carbocycles. The van der Waals surface area contributed by atoms with Crippen LogP contribution in [0.15, 0.2) is 193 Å². The van der Waals surface area contributed by atoms with Gasteiger partial charge in [0.15, 0.2) is 28.1 Å². The third kappa shape index (κ3) is 12.0. The van der Waals surface area contributed by atoms with Crippen LogP contribution in [0.25, 0.3) is 34.5 Å². The van der Waals surface area contributed by atoms with Crippen molar-refractivity contribution in [2.75, 3.05) is 23.7 Å². The number of carbonyl (C=O) groups excluding carboxylic acids is 1. The Morgan fingerprint density at radius 1 is 0.487 bits per heavy atom. The van der Waals surface area contributed by atoms with E-state index in [1.807, 2.05) is 59.4 Å². The SMILES string of the molecule is CCn1cnc2c(Oc3ccc(/C=C/C(C(=O)C(/C=C/c4ccc(Oc5ncnc6c5ncn6CC)cc4)c4ccc(NS(=O)(=O)c5ccc(OC)cc5)cc4)c4ccc(NS(=O)(=O)c5ccc(OC)cc5)cc4)cc3)ncnc21. The fourth-order valence-corrected chi connectivity index (χ4v) is 10.8. The Morgan fingerprint density at radius 3 is 1.20 bits per heavy atom. The number of ketones is 1. The van der Waals surface area contributed by atoms with Gasteiger partial charge in [0.05, 0.1) is 48.5 Å². The van der Waals surface area contributed by atoms with Crippen LogP contribution in [0, 0.1) is 0 Å². The highest BCUT2D eigenvalue weighted by atomic mass is 32.2. The summed E-state index contributed by atoms with van der Waals surface area (Å²) in [5, 5.41) is 0. The predicted octanol–water partition coefficient (Wildman–Crippen LogP) is 11.1. The lowest BCUT2D eigenvalue weighted by molar-refractivity contribution is -0.120. The molecular weight excluding hydrogens is 1060 g/mol. The van der Waals surface area contributed by atoms with Gasteiger partial charge in [-0.2, -0.15) is 9.97 Å². The Hall–Kier alpha value is -9.73. The first-order valence-corrected chi connectivity index (χ1v) is 28.1. The summed E-state index contributed by atoms with van der Waals surface area (Å²) in [6.45, 7) is 5.34. The fraction of sp³-hybridized carbons (Fsp3) is 0.136. The van der Waals surface area contributed by atoms with Crippen LogP contribution in [0.5, 0.6) is 34.8 Å². The van der Waals surface area contributed by atoms with Crippen molar-refractivity contribution in [3.05, 3.63) is 205 Å². The Morgan fingerprint density at radius 2 is 0.850 bits per heavy atom. The van der Waals surface area contributed by atoms with E-state index in [-0.39, 0.29) is 26.9 Å². The molecule has 2 unspecified atom stereocenters. The van der Waals surface area contributed by atoms with Gasteiger partial charge in [-0.3, -0.25) is 14.2 Å². The summed E-state index contributed by atoms with van der Waals surface area (Å²) in [7, 11) is -5.00. The Kier molecular flexibility index (Phi) is 15.7. The van der Waals surface area contributed by atoms with E-state index in [1.54, 1.807) is 122 Å². The summed E-state index contributed by atoms with van der Waals surface area (Å²) in [5.74, 6) is 0.546. The number of sulfonamides is 2. The molecule has 2 N–H and O–H groups in total. The van der Waals surface area contributed by atoms with Gasteiger partial charge in [0.2, 0.25) is 0 Å². The van der Waals surface area contributed by atoms with E-state index < -0.39 is 31.9 Å². The number of rotatable bonds is 22. The number of hydrogen-bond donors (Lipinski definition) is 2. The van der Waals surface area contributed by atoms with Crippen molar-refractivity contribution in [2.24, 2.45) is 0 Å². The molecule has 0 aliphatic rings. The van der Waals surface area contributed by atoms with Crippen LogP contribution in [-0.2, 0) is 37.9 Å². The number of hydrogen-bond acceptors (Lipinski definition) is 15. The van der Waals surface area contributed by atoms with Gasteiger partial charge in [0.1, 0.15) is 35.7 Å². The minimum atomic E-state index is -4.00. The number of nitrogens with zero attached hydrogens (tertiary/aromatic N) is 8. The van der Waals surface area contributed by atoms with Crippen LogP contribution in [-0.4, -0.2) is 75.9 Å². The molecule has 4 aromatic heterocycles. The van der Waals surface area contributed by atoms with Gasteiger partial charge >= 0.3 is 0 Å². The van der Waals surface area contributed by atoms with Crippen LogP contribution in [0.3, 0.4) is 0 Å². The van der Waals surface area contributed by atoms with Crippen molar-refractivity contribution < 1.29 is 40.6 Å². The van der Waals surface area contributed by atoms with Gasteiger partial charge in [-0.25, -0.2) is 36.8 Å². The third-order valence-electron chi connectivity index (χ3n) is 13.0. The Bertz CT molecular complexity index is 3830. The summed E-state index contributed by atoms with van der Waals surface area (Å²) in [6, 6.07) is 39.7. The average Bonchev–Trinajstić information content (AvgIpc) is 4.12. The molecule has 21 heteroatoms. The topological polar surface area (TPSA) is 234 Å². The van der Waals surface area contributed by atoms with Gasteiger partial charge in [-0.1, -0.05) is 72.8 Å². The minimum absolute atomic E-state index is 0.0378. The second-order valence-corrected chi connectivity index (χ2v) is 21.4. The van der Waals surface area contributed by atoms with E-state index >= 15 is 4.79 Å². The molecule has 10 aromatic rings. The number of anilines is 2. The fourth-order valence-electron chi connectivity index (χ4n) is 8.65. The van der Waals surface area contributed by atoms with Crippen LogP contribution in [0.2, 0.25) is 0 Å². The molecule has 10 rings (SSSR count). The number of ether oxygens (including phenoxy) is 4. The lowest BCUT2D eigenvalue weighted by Gasteiger charge is -2.20. The molecule has 4 heterocycles. The molecule has 19 nitrogen and oxygen atoms in total. The predicted molar refractivity (Wildman–Crippen MR) is 304 cm³/mol. The van der Waals surface area contributed by atoms with Crippen molar-refractivity contribution in [1.82, 2.24) is 39.0 Å². The number of nitrogens with one attached hydrogen (secondary N) is 2. The van der Waals surface area contributed by atoms with Crippen LogP contribution >= 0.6 is 0 Å². The molecule has 2 atom stereocenters. The zero-order chi connectivity index (χ0) is 55.8. The second kappa shape index (κ2) is 23.5. The number of aromatic nitrogens is 8. The number of fused-ring (bicyclic) bond motifs is 2. The molecule has 0 radical (unpaired) electrons. The zero-order valence-corrected chi connectivity index (χ0v) is 45.2. The van der Waals surface area contributed by atoms with E-state index in [1.165, 1.54) is 51.1 Å². The van der Waals surface area contributed by atoms with Crippen LogP contribution in [0.1, 0.15) is 47.9 Å². The lowest BCUT2D eigenvalue weighted by Crippen LogP contribution is -2.19. The Labute approximate surface area is 461 Å². The highest BCUT2D eigenvalue weighted by molar-refractivity contribution is 7.93.